The Labute approximate surface area is 367 Å². The molecule has 3 nitrogen and oxygen atoms in total. The molecule has 1 aliphatic heterocycles. The zero-order valence-electron chi connectivity index (χ0n) is 34.4. The predicted molar refractivity (Wildman–Crippen MR) is 265 cm³/mol. The second-order valence-electron chi connectivity index (χ2n) is 16.1. The van der Waals surface area contributed by atoms with Gasteiger partial charge in [0.15, 0.2) is 5.75 Å². The van der Waals surface area contributed by atoms with Gasteiger partial charge in [0, 0.05) is 33.7 Å². The molecule has 0 saturated carbocycles. The van der Waals surface area contributed by atoms with Gasteiger partial charge in [-0.25, -0.2) is 0 Å². The van der Waals surface area contributed by atoms with Crippen molar-refractivity contribution in [2.45, 2.75) is 0 Å². The van der Waals surface area contributed by atoms with Crippen LogP contribution >= 0.6 is 0 Å². The fourth-order valence-electron chi connectivity index (χ4n) is 9.54. The lowest BCUT2D eigenvalue weighted by molar-refractivity contribution is 0.488. The molecule has 0 bridgehead atoms. The minimum absolute atomic E-state index is 0.811. The molecule has 0 atom stereocenters. The molecule has 12 rings (SSSR count). The second-order valence-corrected chi connectivity index (χ2v) is 16.1. The van der Waals surface area contributed by atoms with Gasteiger partial charge in [0.25, 0.3) is 0 Å². The first-order valence-electron chi connectivity index (χ1n) is 21.5. The van der Waals surface area contributed by atoms with Gasteiger partial charge in [-0.05, 0) is 121 Å². The van der Waals surface area contributed by atoms with E-state index in [2.05, 4.69) is 252 Å². The molecule has 0 radical (unpaired) electrons. The summed E-state index contributed by atoms with van der Waals surface area (Å²) >= 11 is 0. The van der Waals surface area contributed by atoms with Crippen molar-refractivity contribution in [2.24, 2.45) is 0 Å². The van der Waals surface area contributed by atoms with Crippen molar-refractivity contribution in [3.8, 4) is 44.9 Å². The summed E-state index contributed by atoms with van der Waals surface area (Å²) in [6, 6.07) is 86.9. The van der Waals surface area contributed by atoms with E-state index in [1.54, 1.807) is 0 Å². The summed E-state index contributed by atoms with van der Waals surface area (Å²) in [7, 11) is 0. The summed E-state index contributed by atoms with van der Waals surface area (Å²) in [5, 5.41) is 7.16. The minimum Gasteiger partial charge on any atom is -0.454 e. The van der Waals surface area contributed by atoms with Gasteiger partial charge in [0.05, 0.1) is 11.4 Å². The summed E-state index contributed by atoms with van der Waals surface area (Å²) in [6.07, 6.45) is 0. The van der Waals surface area contributed by atoms with Crippen molar-refractivity contribution in [1.82, 2.24) is 0 Å². The zero-order chi connectivity index (χ0) is 41.7. The molecule has 11 aromatic carbocycles. The van der Waals surface area contributed by atoms with Crippen molar-refractivity contribution >= 4 is 66.4 Å². The Morgan fingerprint density at radius 1 is 0.286 bits per heavy atom. The highest BCUT2D eigenvalue weighted by molar-refractivity contribution is 6.11. The molecule has 0 N–H and O–H groups in total. The summed E-state index contributed by atoms with van der Waals surface area (Å²) in [5.74, 6) is 1.65. The van der Waals surface area contributed by atoms with Crippen LogP contribution in [0.25, 0.3) is 65.7 Å². The topological polar surface area (TPSA) is 15.7 Å². The number of nitrogens with zero attached hydrogens (tertiary/aromatic N) is 2. The Bertz CT molecular complexity index is 3300. The highest BCUT2D eigenvalue weighted by Crippen LogP contribution is 2.56. The summed E-state index contributed by atoms with van der Waals surface area (Å²) in [5.41, 5.74) is 13.2. The molecular weight excluding hydrogens is 765 g/mol. The first-order chi connectivity index (χ1) is 31.3. The van der Waals surface area contributed by atoms with Crippen LogP contribution in [0.15, 0.2) is 243 Å². The second kappa shape index (κ2) is 15.3. The lowest BCUT2D eigenvalue weighted by Gasteiger charge is -2.33. The predicted octanol–water partition coefficient (Wildman–Crippen LogP) is 17.2. The summed E-state index contributed by atoms with van der Waals surface area (Å²) in [6.45, 7) is 0. The fraction of sp³-hybridized carbons (Fsp3) is 0. The normalized spacial score (nSPS) is 11.6. The van der Waals surface area contributed by atoms with E-state index in [9.17, 15) is 0 Å². The average molecular weight is 805 g/mol. The largest absolute Gasteiger partial charge is 0.454 e. The third-order valence-corrected chi connectivity index (χ3v) is 12.4. The number of para-hydroxylation sites is 2. The molecule has 3 heteroatoms. The van der Waals surface area contributed by atoms with Crippen LogP contribution in [0.3, 0.4) is 0 Å². The van der Waals surface area contributed by atoms with Gasteiger partial charge in [-0.2, -0.15) is 0 Å². The van der Waals surface area contributed by atoms with Gasteiger partial charge >= 0.3 is 0 Å². The quantitative estimate of drug-likeness (QED) is 0.152. The number of rotatable bonds is 8. The smallest absolute Gasteiger partial charge is 0.159 e. The molecule has 1 aliphatic rings. The van der Waals surface area contributed by atoms with E-state index in [0.29, 0.717) is 0 Å². The van der Waals surface area contributed by atoms with Crippen molar-refractivity contribution in [3.63, 3.8) is 0 Å². The highest BCUT2D eigenvalue weighted by atomic mass is 16.5. The van der Waals surface area contributed by atoms with Crippen molar-refractivity contribution < 1.29 is 4.74 Å². The third-order valence-electron chi connectivity index (χ3n) is 12.4. The van der Waals surface area contributed by atoms with Crippen LogP contribution in [0.1, 0.15) is 0 Å². The van der Waals surface area contributed by atoms with E-state index in [4.69, 9.17) is 4.74 Å². The van der Waals surface area contributed by atoms with E-state index in [-0.39, 0.29) is 0 Å². The summed E-state index contributed by atoms with van der Waals surface area (Å²) in [4.78, 5) is 4.68. The Morgan fingerprint density at radius 2 is 0.730 bits per heavy atom. The molecule has 0 aliphatic carbocycles. The third kappa shape index (κ3) is 6.29. The lowest BCUT2D eigenvalue weighted by atomic mass is 9.91. The maximum atomic E-state index is 7.23. The highest BCUT2D eigenvalue weighted by Gasteiger charge is 2.30. The standard InChI is InChI=1S/C60H40N2O/c1-3-20-46(21-4-1)62(47-22-5-2-6-23-47)56-40-35-45-19-13-28-54-58(45)60(56)63-57-30-14-29-55(59(54)57)61(48-36-31-43(32-37-48)52-26-11-17-41-15-7-9-24-50(41)52)49-38-33-44(34-39-49)53-27-12-18-42-16-8-10-25-51(42)53/h1-40H. The van der Waals surface area contributed by atoms with E-state index < -0.39 is 0 Å². The first-order valence-corrected chi connectivity index (χ1v) is 21.5. The van der Waals surface area contributed by atoms with Crippen LogP contribution in [-0.4, -0.2) is 0 Å². The van der Waals surface area contributed by atoms with Crippen LogP contribution < -0.4 is 14.5 Å². The maximum Gasteiger partial charge on any atom is 0.159 e. The molecule has 0 spiro atoms. The molecule has 0 saturated heterocycles. The van der Waals surface area contributed by atoms with E-state index in [1.165, 1.54) is 43.8 Å². The monoisotopic (exact) mass is 804 g/mol. The Morgan fingerprint density at radius 3 is 1.30 bits per heavy atom. The van der Waals surface area contributed by atoms with Crippen LogP contribution in [0.4, 0.5) is 34.1 Å². The molecule has 0 unspecified atom stereocenters. The number of anilines is 6. The molecule has 11 aromatic rings. The molecule has 63 heavy (non-hydrogen) atoms. The van der Waals surface area contributed by atoms with Gasteiger partial charge in [0.1, 0.15) is 5.75 Å². The van der Waals surface area contributed by atoms with E-state index in [1.807, 2.05) is 0 Å². The molecule has 1 heterocycles. The molecule has 0 fully saturated rings. The Hall–Kier alpha value is -8.40. The molecule has 296 valence electrons. The van der Waals surface area contributed by atoms with Gasteiger partial charge < -0.3 is 14.5 Å². The van der Waals surface area contributed by atoms with Crippen molar-refractivity contribution in [1.29, 1.82) is 0 Å². The van der Waals surface area contributed by atoms with Crippen molar-refractivity contribution in [2.75, 3.05) is 9.80 Å². The van der Waals surface area contributed by atoms with E-state index in [0.717, 1.165) is 67.5 Å². The van der Waals surface area contributed by atoms with Crippen LogP contribution in [0, 0.1) is 0 Å². The van der Waals surface area contributed by atoms with Crippen LogP contribution in [0.5, 0.6) is 11.5 Å². The fourth-order valence-corrected chi connectivity index (χ4v) is 9.54. The van der Waals surface area contributed by atoms with Crippen LogP contribution in [-0.2, 0) is 0 Å². The summed E-state index contributed by atoms with van der Waals surface area (Å²) < 4.78 is 7.23. The number of hydrogen-bond donors (Lipinski definition) is 0. The van der Waals surface area contributed by atoms with Crippen molar-refractivity contribution in [3.05, 3.63) is 243 Å². The van der Waals surface area contributed by atoms with Crippen LogP contribution in [0.2, 0.25) is 0 Å². The lowest BCUT2D eigenvalue weighted by Crippen LogP contribution is -2.14. The Balaban J connectivity index is 1.04. The Kier molecular flexibility index (Phi) is 8.83. The van der Waals surface area contributed by atoms with Gasteiger partial charge in [-0.1, -0.05) is 176 Å². The van der Waals surface area contributed by atoms with Gasteiger partial charge in [-0.15, -0.1) is 0 Å². The minimum atomic E-state index is 0.811. The van der Waals surface area contributed by atoms with Gasteiger partial charge in [-0.3, -0.25) is 0 Å². The molecule has 0 amide bonds. The molecule has 0 aromatic heterocycles. The maximum absolute atomic E-state index is 7.23. The average Bonchev–Trinajstić information content (AvgIpc) is 3.36. The number of ether oxygens (including phenoxy) is 1. The number of fused-ring (bicyclic) bond motifs is 4. The van der Waals surface area contributed by atoms with Gasteiger partial charge in [0.2, 0.25) is 0 Å². The molecular formula is C60H40N2O. The van der Waals surface area contributed by atoms with E-state index >= 15 is 0 Å². The number of hydrogen-bond acceptors (Lipinski definition) is 3. The number of benzene rings is 11. The zero-order valence-corrected chi connectivity index (χ0v) is 34.4. The SMILES string of the molecule is c1ccc(N(c2ccccc2)c2ccc3cccc4c3c2Oc2cccc(N(c3ccc(-c5cccc6ccccc56)cc3)c3ccc(-c5cccc6ccccc56)cc3)c2-4)cc1. The first kappa shape index (κ1) is 36.5.